The monoisotopic (exact) mass is 309 g/mol. The minimum Gasteiger partial charge on any atom is -0.376 e. The molecule has 0 aliphatic carbocycles. The number of amides is 1. The van der Waals surface area contributed by atoms with Gasteiger partial charge in [0, 0.05) is 13.0 Å². The van der Waals surface area contributed by atoms with Gasteiger partial charge in [-0.1, -0.05) is 6.07 Å². The lowest BCUT2D eigenvalue weighted by atomic mass is 10.0. The van der Waals surface area contributed by atoms with Gasteiger partial charge in [0.05, 0.1) is 0 Å². The van der Waals surface area contributed by atoms with E-state index in [4.69, 9.17) is 0 Å². The van der Waals surface area contributed by atoms with Crippen LogP contribution in [-0.2, 0) is 27.9 Å². The smallest absolute Gasteiger partial charge is 0.376 e. The summed E-state index contributed by atoms with van der Waals surface area (Å²) >= 11 is 0. The second kappa shape index (κ2) is 4.97. The average Bonchev–Trinajstić information content (AvgIpc) is 2.50. The molecule has 110 valence electrons. The third kappa shape index (κ3) is 3.03. The van der Waals surface area contributed by atoms with Gasteiger partial charge in [0.15, 0.2) is 0 Å². The van der Waals surface area contributed by atoms with E-state index in [0.717, 1.165) is 11.6 Å². The predicted octanol–water partition coefficient (Wildman–Crippen LogP) is 1.48. The van der Waals surface area contributed by atoms with Crippen molar-refractivity contribution in [3.8, 4) is 5.75 Å². The molecule has 20 heavy (non-hydrogen) atoms. The number of aryl methyl sites for hydroxylation is 1. The topological polar surface area (TPSA) is 72.5 Å². The summed E-state index contributed by atoms with van der Waals surface area (Å²) in [6.07, 6.45) is 0.710. The highest BCUT2D eigenvalue weighted by molar-refractivity contribution is 7.87. The van der Waals surface area contributed by atoms with E-state index in [0.29, 0.717) is 12.0 Å². The Labute approximate surface area is 112 Å². The van der Waals surface area contributed by atoms with Crippen LogP contribution in [-0.4, -0.2) is 19.8 Å². The summed E-state index contributed by atoms with van der Waals surface area (Å²) in [5, 5.41) is 2.55. The zero-order valence-electron chi connectivity index (χ0n) is 10.0. The zero-order valence-corrected chi connectivity index (χ0v) is 10.8. The van der Waals surface area contributed by atoms with Crippen LogP contribution in [0, 0.1) is 0 Å². The molecule has 1 aliphatic rings. The zero-order chi connectivity index (χ0) is 15.0. The Bertz CT molecular complexity index is 640. The van der Waals surface area contributed by atoms with Gasteiger partial charge in [-0.2, -0.15) is 21.6 Å². The first-order chi connectivity index (χ1) is 9.19. The van der Waals surface area contributed by atoms with Crippen LogP contribution >= 0.6 is 0 Å². The number of fused-ring (bicyclic) bond motifs is 1. The molecular formula is C11H10F3NO4S. The first-order valence-electron chi connectivity index (χ1n) is 5.58. The number of benzene rings is 1. The molecule has 9 heteroatoms. The lowest BCUT2D eigenvalue weighted by Crippen LogP contribution is -2.28. The lowest BCUT2D eigenvalue weighted by molar-refractivity contribution is -0.121. The molecule has 1 N–H and O–H groups in total. The van der Waals surface area contributed by atoms with Gasteiger partial charge in [-0.3, -0.25) is 4.79 Å². The number of rotatable bonds is 2. The maximum absolute atomic E-state index is 12.2. The molecule has 0 saturated heterocycles. The fraction of sp³-hybridized carbons (Fsp3) is 0.364. The van der Waals surface area contributed by atoms with Gasteiger partial charge in [-0.25, -0.2) is 0 Å². The molecule has 1 aliphatic heterocycles. The van der Waals surface area contributed by atoms with E-state index in [2.05, 4.69) is 9.50 Å². The molecule has 1 heterocycles. The molecule has 1 amide bonds. The highest BCUT2D eigenvalue weighted by atomic mass is 32.2. The summed E-state index contributed by atoms with van der Waals surface area (Å²) in [7, 11) is -5.68. The number of halogens is 3. The van der Waals surface area contributed by atoms with Crippen LogP contribution in [0.4, 0.5) is 13.2 Å². The number of nitrogens with one attached hydrogen (secondary N) is 1. The molecule has 0 bridgehead atoms. The van der Waals surface area contributed by atoms with Crippen molar-refractivity contribution in [3.63, 3.8) is 0 Å². The van der Waals surface area contributed by atoms with Crippen LogP contribution in [0.3, 0.4) is 0 Å². The third-order valence-electron chi connectivity index (χ3n) is 2.76. The molecule has 0 radical (unpaired) electrons. The molecule has 2 rings (SSSR count). The van der Waals surface area contributed by atoms with E-state index in [-0.39, 0.29) is 18.9 Å². The van der Waals surface area contributed by atoms with E-state index < -0.39 is 21.4 Å². The fourth-order valence-corrected chi connectivity index (χ4v) is 2.22. The number of carbonyl (C=O) groups is 1. The molecule has 5 nitrogen and oxygen atoms in total. The summed E-state index contributed by atoms with van der Waals surface area (Å²) in [6, 6.07) is 3.78. The average molecular weight is 309 g/mol. The number of alkyl halides is 3. The van der Waals surface area contributed by atoms with Gasteiger partial charge in [0.2, 0.25) is 5.91 Å². The maximum atomic E-state index is 12.2. The molecule has 0 atom stereocenters. The summed E-state index contributed by atoms with van der Waals surface area (Å²) in [5.41, 5.74) is -4.18. The Hall–Kier alpha value is -1.77. The molecule has 0 saturated carbocycles. The Morgan fingerprint density at radius 2 is 1.85 bits per heavy atom. The highest BCUT2D eigenvalue weighted by Gasteiger charge is 2.48. The van der Waals surface area contributed by atoms with E-state index in [1.165, 1.54) is 12.1 Å². The summed E-state index contributed by atoms with van der Waals surface area (Å²) in [4.78, 5) is 11.2. The van der Waals surface area contributed by atoms with Gasteiger partial charge in [-0.15, -0.1) is 0 Å². The Morgan fingerprint density at radius 3 is 2.50 bits per heavy atom. The molecule has 1 aromatic carbocycles. The lowest BCUT2D eigenvalue weighted by Gasteiger charge is -2.11. The van der Waals surface area contributed by atoms with Gasteiger partial charge < -0.3 is 9.50 Å². The first kappa shape index (κ1) is 14.6. The molecule has 0 spiro atoms. The van der Waals surface area contributed by atoms with Crippen molar-refractivity contribution in [1.82, 2.24) is 5.32 Å². The Kier molecular flexibility index (Phi) is 3.63. The van der Waals surface area contributed by atoms with Crippen molar-refractivity contribution in [2.75, 3.05) is 0 Å². The highest BCUT2D eigenvalue weighted by Crippen LogP contribution is 2.28. The second-order valence-electron chi connectivity index (χ2n) is 4.19. The number of hydrogen-bond acceptors (Lipinski definition) is 4. The number of hydrogen-bond donors (Lipinski definition) is 1. The quantitative estimate of drug-likeness (QED) is 0.663. The second-order valence-corrected chi connectivity index (χ2v) is 5.73. The van der Waals surface area contributed by atoms with Crippen molar-refractivity contribution < 1.29 is 30.6 Å². The van der Waals surface area contributed by atoms with Crippen molar-refractivity contribution in [3.05, 3.63) is 29.3 Å². The maximum Gasteiger partial charge on any atom is 0.534 e. The minimum absolute atomic E-state index is 0.122. The van der Waals surface area contributed by atoms with Crippen LogP contribution in [0.25, 0.3) is 0 Å². The third-order valence-corrected chi connectivity index (χ3v) is 3.74. The Morgan fingerprint density at radius 1 is 1.15 bits per heavy atom. The fourth-order valence-electron chi connectivity index (χ4n) is 1.77. The van der Waals surface area contributed by atoms with Crippen molar-refractivity contribution in [1.29, 1.82) is 0 Å². The van der Waals surface area contributed by atoms with Crippen molar-refractivity contribution in [2.24, 2.45) is 0 Å². The minimum atomic E-state index is -5.68. The van der Waals surface area contributed by atoms with Crippen LogP contribution in [0.5, 0.6) is 5.75 Å². The summed E-state index contributed by atoms with van der Waals surface area (Å²) < 4.78 is 62.4. The van der Waals surface area contributed by atoms with Gasteiger partial charge >= 0.3 is 15.6 Å². The van der Waals surface area contributed by atoms with Crippen LogP contribution in [0.2, 0.25) is 0 Å². The standard InChI is InChI=1S/C11H10F3NO4S/c12-11(13,14)20(17,18)19-9-3-1-7-2-4-10(16)15-6-8(7)5-9/h1,3,5H,2,4,6H2,(H,15,16). The van der Waals surface area contributed by atoms with Gasteiger partial charge in [0.1, 0.15) is 5.75 Å². The van der Waals surface area contributed by atoms with E-state index in [9.17, 15) is 26.4 Å². The van der Waals surface area contributed by atoms with Crippen molar-refractivity contribution in [2.45, 2.75) is 24.9 Å². The normalized spacial score (nSPS) is 16.1. The molecule has 0 aromatic heterocycles. The van der Waals surface area contributed by atoms with Gasteiger partial charge in [-0.05, 0) is 29.7 Å². The predicted molar refractivity (Wildman–Crippen MR) is 62.2 cm³/mol. The molecule has 0 fully saturated rings. The van der Waals surface area contributed by atoms with Gasteiger partial charge in [0.25, 0.3) is 0 Å². The van der Waals surface area contributed by atoms with Crippen LogP contribution in [0.15, 0.2) is 18.2 Å². The van der Waals surface area contributed by atoms with Crippen molar-refractivity contribution >= 4 is 16.0 Å². The molecular weight excluding hydrogens is 299 g/mol. The molecule has 0 unspecified atom stereocenters. The summed E-state index contributed by atoms with van der Waals surface area (Å²) in [5.74, 6) is -0.608. The van der Waals surface area contributed by atoms with E-state index in [1.807, 2.05) is 0 Å². The van der Waals surface area contributed by atoms with Crippen LogP contribution < -0.4 is 9.50 Å². The Balaban J connectivity index is 2.27. The summed E-state index contributed by atoms with van der Waals surface area (Å²) in [6.45, 7) is 0.122. The largest absolute Gasteiger partial charge is 0.534 e. The van der Waals surface area contributed by atoms with Crippen LogP contribution in [0.1, 0.15) is 17.5 Å². The van der Waals surface area contributed by atoms with E-state index in [1.54, 1.807) is 0 Å². The molecule has 1 aromatic rings. The SMILES string of the molecule is O=C1CCc2ccc(OS(=O)(=O)C(F)(F)F)cc2CN1. The number of carbonyl (C=O) groups excluding carboxylic acids is 1. The van der Waals surface area contributed by atoms with E-state index >= 15 is 0 Å². The first-order valence-corrected chi connectivity index (χ1v) is 6.99.